The van der Waals surface area contributed by atoms with E-state index in [1.54, 1.807) is 7.11 Å². The molecule has 3 nitrogen and oxygen atoms in total. The van der Waals surface area contributed by atoms with Gasteiger partial charge in [-0.05, 0) is 50.1 Å². The van der Waals surface area contributed by atoms with Gasteiger partial charge in [-0.3, -0.25) is 0 Å². The second-order valence-electron chi connectivity index (χ2n) is 3.51. The van der Waals surface area contributed by atoms with Crippen molar-refractivity contribution in [3.8, 4) is 11.5 Å². The molecule has 0 atom stereocenters. The zero-order valence-corrected chi connectivity index (χ0v) is 9.67. The molecule has 3 heteroatoms. The van der Waals surface area contributed by atoms with E-state index in [2.05, 4.69) is 0 Å². The van der Waals surface area contributed by atoms with Crippen LogP contribution in [-0.4, -0.2) is 20.3 Å². The predicted molar refractivity (Wildman–Crippen MR) is 61.6 cm³/mol. The molecule has 0 spiro atoms. The van der Waals surface area contributed by atoms with Gasteiger partial charge in [-0.25, -0.2) is 0 Å². The first-order chi connectivity index (χ1) is 7.20. The first kappa shape index (κ1) is 11.9. The average molecular weight is 209 g/mol. The van der Waals surface area contributed by atoms with Gasteiger partial charge in [0.05, 0.1) is 13.7 Å². The van der Waals surface area contributed by atoms with Gasteiger partial charge in [0, 0.05) is 0 Å². The third-order valence-electron chi connectivity index (χ3n) is 2.51. The smallest absolute Gasteiger partial charge is 0.122 e. The molecule has 0 aliphatic heterocycles. The van der Waals surface area contributed by atoms with E-state index in [1.807, 2.05) is 26.0 Å². The molecular formula is C12H19NO2. The first-order valence-corrected chi connectivity index (χ1v) is 5.17. The summed E-state index contributed by atoms with van der Waals surface area (Å²) in [4.78, 5) is 0. The lowest BCUT2D eigenvalue weighted by Crippen LogP contribution is -2.07. The number of hydrogen-bond acceptors (Lipinski definition) is 3. The van der Waals surface area contributed by atoms with Crippen LogP contribution in [0.15, 0.2) is 12.1 Å². The molecule has 1 aromatic carbocycles. The van der Waals surface area contributed by atoms with Crippen molar-refractivity contribution in [3.05, 3.63) is 23.3 Å². The van der Waals surface area contributed by atoms with Gasteiger partial charge in [0.2, 0.25) is 0 Å². The summed E-state index contributed by atoms with van der Waals surface area (Å²) >= 11 is 0. The Morgan fingerprint density at radius 3 is 2.33 bits per heavy atom. The Kier molecular flexibility index (Phi) is 4.43. The Morgan fingerprint density at radius 2 is 1.73 bits per heavy atom. The molecule has 0 aliphatic rings. The van der Waals surface area contributed by atoms with E-state index in [4.69, 9.17) is 15.2 Å². The quantitative estimate of drug-likeness (QED) is 0.755. The number of methoxy groups -OCH3 is 1. The van der Waals surface area contributed by atoms with Gasteiger partial charge in [-0.2, -0.15) is 0 Å². The van der Waals surface area contributed by atoms with E-state index in [-0.39, 0.29) is 0 Å². The van der Waals surface area contributed by atoms with Crippen molar-refractivity contribution in [2.75, 3.05) is 20.3 Å². The van der Waals surface area contributed by atoms with Crippen LogP contribution >= 0.6 is 0 Å². The summed E-state index contributed by atoms with van der Waals surface area (Å²) in [5.41, 5.74) is 7.66. The van der Waals surface area contributed by atoms with Crippen LogP contribution < -0.4 is 15.2 Å². The minimum atomic E-state index is 0.661. The van der Waals surface area contributed by atoms with E-state index >= 15 is 0 Å². The standard InChI is InChI=1S/C12H19NO2/c1-9-10(2)12(15-8-4-7-13)6-5-11(9)14-3/h5-6H,4,7-8,13H2,1-3H3. The molecule has 0 radical (unpaired) electrons. The van der Waals surface area contributed by atoms with Crippen molar-refractivity contribution in [2.24, 2.45) is 5.73 Å². The summed E-state index contributed by atoms with van der Waals surface area (Å²) in [5, 5.41) is 0. The van der Waals surface area contributed by atoms with Gasteiger partial charge >= 0.3 is 0 Å². The van der Waals surface area contributed by atoms with E-state index in [1.165, 1.54) is 0 Å². The highest BCUT2D eigenvalue weighted by molar-refractivity contribution is 5.47. The maximum absolute atomic E-state index is 5.62. The normalized spacial score (nSPS) is 10.1. The van der Waals surface area contributed by atoms with Crippen LogP contribution in [0.25, 0.3) is 0 Å². The van der Waals surface area contributed by atoms with Crippen LogP contribution in [0, 0.1) is 13.8 Å². The molecule has 0 amide bonds. The number of benzene rings is 1. The molecule has 0 aliphatic carbocycles. The van der Waals surface area contributed by atoms with Crippen LogP contribution in [0.5, 0.6) is 11.5 Å². The number of nitrogens with two attached hydrogens (primary N) is 1. The van der Waals surface area contributed by atoms with Crippen LogP contribution in [0.1, 0.15) is 17.5 Å². The molecule has 0 unspecified atom stereocenters. The Bertz CT molecular complexity index is 324. The molecule has 2 N–H and O–H groups in total. The molecular weight excluding hydrogens is 190 g/mol. The number of ether oxygens (including phenoxy) is 2. The van der Waals surface area contributed by atoms with Gasteiger partial charge < -0.3 is 15.2 Å². The van der Waals surface area contributed by atoms with Crippen LogP contribution in [0.4, 0.5) is 0 Å². The second kappa shape index (κ2) is 5.61. The zero-order chi connectivity index (χ0) is 11.3. The van der Waals surface area contributed by atoms with Crippen molar-refractivity contribution in [2.45, 2.75) is 20.3 Å². The number of rotatable bonds is 5. The van der Waals surface area contributed by atoms with E-state index < -0.39 is 0 Å². The average Bonchev–Trinajstić information content (AvgIpc) is 2.25. The summed E-state index contributed by atoms with van der Waals surface area (Å²) in [6, 6.07) is 3.87. The molecule has 0 saturated carbocycles. The van der Waals surface area contributed by atoms with E-state index in [0.717, 1.165) is 29.0 Å². The molecule has 84 valence electrons. The van der Waals surface area contributed by atoms with Gasteiger partial charge in [0.1, 0.15) is 11.5 Å². The molecule has 0 aromatic heterocycles. The van der Waals surface area contributed by atoms with Crippen molar-refractivity contribution in [3.63, 3.8) is 0 Å². The minimum Gasteiger partial charge on any atom is -0.496 e. The summed E-state index contributed by atoms with van der Waals surface area (Å²) in [5.74, 6) is 1.82. The fourth-order valence-electron chi connectivity index (χ4n) is 1.41. The molecule has 1 aromatic rings. The fourth-order valence-corrected chi connectivity index (χ4v) is 1.41. The summed E-state index contributed by atoms with van der Waals surface area (Å²) in [7, 11) is 1.68. The lowest BCUT2D eigenvalue weighted by atomic mass is 10.1. The van der Waals surface area contributed by atoms with Crippen LogP contribution in [-0.2, 0) is 0 Å². The minimum absolute atomic E-state index is 0.661. The van der Waals surface area contributed by atoms with E-state index in [9.17, 15) is 0 Å². The van der Waals surface area contributed by atoms with Gasteiger partial charge in [-0.1, -0.05) is 0 Å². The Morgan fingerprint density at radius 1 is 1.13 bits per heavy atom. The van der Waals surface area contributed by atoms with Crippen molar-refractivity contribution in [1.29, 1.82) is 0 Å². The maximum atomic E-state index is 5.62. The largest absolute Gasteiger partial charge is 0.496 e. The van der Waals surface area contributed by atoms with Gasteiger partial charge in [0.25, 0.3) is 0 Å². The summed E-state index contributed by atoms with van der Waals surface area (Å²) in [6.07, 6.45) is 0.879. The number of hydrogen-bond donors (Lipinski definition) is 1. The van der Waals surface area contributed by atoms with Crippen molar-refractivity contribution < 1.29 is 9.47 Å². The molecule has 0 heterocycles. The van der Waals surface area contributed by atoms with Crippen molar-refractivity contribution in [1.82, 2.24) is 0 Å². The molecule has 1 rings (SSSR count). The highest BCUT2D eigenvalue weighted by Crippen LogP contribution is 2.28. The predicted octanol–water partition coefficient (Wildman–Crippen LogP) is 2.04. The molecule has 0 fully saturated rings. The Labute approximate surface area is 91.2 Å². The monoisotopic (exact) mass is 209 g/mol. The second-order valence-corrected chi connectivity index (χ2v) is 3.51. The van der Waals surface area contributed by atoms with Crippen LogP contribution in [0.3, 0.4) is 0 Å². The summed E-state index contributed by atoms with van der Waals surface area (Å²) in [6.45, 7) is 5.40. The highest BCUT2D eigenvalue weighted by atomic mass is 16.5. The zero-order valence-electron chi connectivity index (χ0n) is 9.67. The lowest BCUT2D eigenvalue weighted by Gasteiger charge is -2.13. The molecule has 0 saturated heterocycles. The van der Waals surface area contributed by atoms with Gasteiger partial charge in [-0.15, -0.1) is 0 Å². The third-order valence-corrected chi connectivity index (χ3v) is 2.51. The van der Waals surface area contributed by atoms with Crippen molar-refractivity contribution >= 4 is 0 Å². The highest BCUT2D eigenvalue weighted by Gasteiger charge is 2.06. The third kappa shape index (κ3) is 2.86. The Balaban J connectivity index is 2.77. The van der Waals surface area contributed by atoms with Gasteiger partial charge in [0.15, 0.2) is 0 Å². The topological polar surface area (TPSA) is 44.5 Å². The fraction of sp³-hybridized carbons (Fsp3) is 0.500. The summed E-state index contributed by atoms with van der Waals surface area (Å²) < 4.78 is 10.9. The maximum Gasteiger partial charge on any atom is 0.122 e. The molecule has 0 bridgehead atoms. The lowest BCUT2D eigenvalue weighted by molar-refractivity contribution is 0.310. The Hall–Kier alpha value is -1.22. The molecule has 15 heavy (non-hydrogen) atoms. The first-order valence-electron chi connectivity index (χ1n) is 5.17. The van der Waals surface area contributed by atoms with E-state index in [0.29, 0.717) is 13.2 Å². The van der Waals surface area contributed by atoms with Crippen LogP contribution in [0.2, 0.25) is 0 Å². The SMILES string of the molecule is COc1ccc(OCCCN)c(C)c1C.